The van der Waals surface area contributed by atoms with Crippen molar-refractivity contribution in [1.82, 2.24) is 10.2 Å². The van der Waals surface area contributed by atoms with Gasteiger partial charge in [-0.1, -0.05) is 0 Å². The highest BCUT2D eigenvalue weighted by Gasteiger charge is 2.33. The maximum Gasteiger partial charge on any atom is 0.258 e. The lowest BCUT2D eigenvalue weighted by molar-refractivity contribution is -0.126. The molecule has 1 aliphatic heterocycles. The van der Waals surface area contributed by atoms with Crippen LogP contribution in [0.3, 0.4) is 0 Å². The molecule has 1 aromatic rings. The van der Waals surface area contributed by atoms with Gasteiger partial charge >= 0.3 is 0 Å². The molecule has 1 atom stereocenters. The fraction of sp³-hybridized carbons (Fsp3) is 0.467. The van der Waals surface area contributed by atoms with E-state index in [2.05, 4.69) is 5.32 Å². The van der Waals surface area contributed by atoms with Gasteiger partial charge in [0.2, 0.25) is 5.91 Å². The first-order chi connectivity index (χ1) is 10.1. The van der Waals surface area contributed by atoms with Gasteiger partial charge in [-0.05, 0) is 31.4 Å². The summed E-state index contributed by atoms with van der Waals surface area (Å²) in [6, 6.07) is 4.51. The number of piperidine rings is 1. The molecule has 2 rings (SSSR count). The third-order valence-corrected chi connectivity index (χ3v) is 3.77. The average molecular weight is 291 g/mol. The summed E-state index contributed by atoms with van der Waals surface area (Å²) in [5.41, 5.74) is 6.67. The molecule has 3 N–H and O–H groups in total. The Morgan fingerprint density at radius 2 is 2.14 bits per heavy atom. The van der Waals surface area contributed by atoms with Crippen LogP contribution in [0.4, 0.5) is 5.69 Å². The van der Waals surface area contributed by atoms with E-state index < -0.39 is 6.04 Å². The van der Waals surface area contributed by atoms with E-state index in [-0.39, 0.29) is 11.8 Å². The Bertz CT molecular complexity index is 545. The minimum Gasteiger partial charge on any atom is -0.496 e. The second-order valence-electron chi connectivity index (χ2n) is 5.08. The predicted octanol–water partition coefficient (Wildman–Crippen LogP) is 1.02. The zero-order chi connectivity index (χ0) is 15.4. The molecule has 2 amide bonds. The smallest absolute Gasteiger partial charge is 0.258 e. The number of nitrogens with two attached hydrogens (primary N) is 1. The third-order valence-electron chi connectivity index (χ3n) is 3.77. The number of likely N-dealkylation sites (tertiary alicyclic amines) is 1. The molecule has 6 nitrogen and oxygen atoms in total. The van der Waals surface area contributed by atoms with Crippen LogP contribution in [0, 0.1) is 0 Å². The minimum absolute atomic E-state index is 0.127. The van der Waals surface area contributed by atoms with E-state index in [1.54, 1.807) is 30.1 Å². The SMILES string of the molecule is CNC(=O)C1CCCCN1C(=O)c1ccc(N)cc1OC. The Morgan fingerprint density at radius 3 is 2.81 bits per heavy atom. The van der Waals surface area contributed by atoms with Gasteiger partial charge in [-0.2, -0.15) is 0 Å². The number of carbonyl (C=O) groups excluding carboxylic acids is 2. The van der Waals surface area contributed by atoms with Crippen molar-refractivity contribution in [3.8, 4) is 5.75 Å². The van der Waals surface area contributed by atoms with Crippen LogP contribution >= 0.6 is 0 Å². The molecular formula is C15H21N3O3. The van der Waals surface area contributed by atoms with Crippen LogP contribution in [0.1, 0.15) is 29.6 Å². The maximum absolute atomic E-state index is 12.7. The topological polar surface area (TPSA) is 84.7 Å². The van der Waals surface area contributed by atoms with Crippen molar-refractivity contribution in [2.75, 3.05) is 26.4 Å². The van der Waals surface area contributed by atoms with Gasteiger partial charge in [0.25, 0.3) is 5.91 Å². The van der Waals surface area contributed by atoms with Crippen molar-refractivity contribution in [3.05, 3.63) is 23.8 Å². The quantitative estimate of drug-likeness (QED) is 0.814. The number of anilines is 1. The number of carbonyl (C=O) groups is 2. The molecule has 0 spiro atoms. The summed E-state index contributed by atoms with van der Waals surface area (Å²) < 4.78 is 5.23. The van der Waals surface area contributed by atoms with E-state index in [1.807, 2.05) is 0 Å². The van der Waals surface area contributed by atoms with E-state index in [0.29, 0.717) is 30.0 Å². The summed E-state index contributed by atoms with van der Waals surface area (Å²) in [4.78, 5) is 26.3. The van der Waals surface area contributed by atoms with Crippen molar-refractivity contribution in [3.63, 3.8) is 0 Å². The van der Waals surface area contributed by atoms with Crippen LogP contribution in [0.2, 0.25) is 0 Å². The number of nitrogens with one attached hydrogen (secondary N) is 1. The fourth-order valence-corrected chi connectivity index (χ4v) is 2.65. The number of rotatable bonds is 3. The summed E-state index contributed by atoms with van der Waals surface area (Å²) in [5, 5.41) is 2.62. The van der Waals surface area contributed by atoms with E-state index in [0.717, 1.165) is 12.8 Å². The lowest BCUT2D eigenvalue weighted by atomic mass is 9.99. The first-order valence-corrected chi connectivity index (χ1v) is 7.04. The molecule has 1 unspecified atom stereocenters. The van der Waals surface area contributed by atoms with Gasteiger partial charge in [0.15, 0.2) is 0 Å². The summed E-state index contributed by atoms with van der Waals surface area (Å²) >= 11 is 0. The molecule has 21 heavy (non-hydrogen) atoms. The second kappa shape index (κ2) is 6.47. The van der Waals surface area contributed by atoms with Crippen LogP contribution < -0.4 is 15.8 Å². The Balaban J connectivity index is 2.31. The first kappa shape index (κ1) is 15.2. The molecule has 0 saturated carbocycles. The largest absolute Gasteiger partial charge is 0.496 e. The van der Waals surface area contributed by atoms with Crippen LogP contribution in [0.15, 0.2) is 18.2 Å². The lowest BCUT2D eigenvalue weighted by Crippen LogP contribution is -2.51. The Hall–Kier alpha value is -2.24. The molecule has 1 heterocycles. The normalized spacial score (nSPS) is 18.2. The Kier molecular flexibility index (Phi) is 4.67. The number of methoxy groups -OCH3 is 1. The molecule has 1 aliphatic rings. The van der Waals surface area contributed by atoms with Crippen molar-refractivity contribution in [1.29, 1.82) is 0 Å². The predicted molar refractivity (Wildman–Crippen MR) is 80.1 cm³/mol. The van der Waals surface area contributed by atoms with E-state index >= 15 is 0 Å². The number of ether oxygens (including phenoxy) is 1. The summed E-state index contributed by atoms with van der Waals surface area (Å²) in [7, 11) is 3.08. The highest BCUT2D eigenvalue weighted by molar-refractivity contribution is 6.00. The van der Waals surface area contributed by atoms with E-state index in [9.17, 15) is 9.59 Å². The number of hydrogen-bond acceptors (Lipinski definition) is 4. The molecule has 6 heteroatoms. The van der Waals surface area contributed by atoms with Gasteiger partial charge in [-0.25, -0.2) is 0 Å². The van der Waals surface area contributed by atoms with Crippen LogP contribution in [-0.4, -0.2) is 43.5 Å². The minimum atomic E-state index is -0.418. The van der Waals surface area contributed by atoms with E-state index in [1.165, 1.54) is 7.11 Å². The molecule has 114 valence electrons. The molecular weight excluding hydrogens is 270 g/mol. The molecule has 0 bridgehead atoms. The number of amides is 2. The zero-order valence-electron chi connectivity index (χ0n) is 12.4. The summed E-state index contributed by atoms with van der Waals surface area (Å²) in [6.45, 7) is 0.574. The third kappa shape index (κ3) is 3.09. The zero-order valence-corrected chi connectivity index (χ0v) is 12.4. The van der Waals surface area contributed by atoms with Gasteiger partial charge in [-0.3, -0.25) is 9.59 Å². The van der Waals surface area contributed by atoms with Gasteiger partial charge in [0.05, 0.1) is 12.7 Å². The van der Waals surface area contributed by atoms with Crippen LogP contribution in [0.25, 0.3) is 0 Å². The Morgan fingerprint density at radius 1 is 1.38 bits per heavy atom. The van der Waals surface area contributed by atoms with Crippen LogP contribution in [-0.2, 0) is 4.79 Å². The summed E-state index contributed by atoms with van der Waals surface area (Å²) in [5.74, 6) is 0.110. The number of nitrogens with zero attached hydrogens (tertiary/aromatic N) is 1. The number of hydrogen-bond donors (Lipinski definition) is 2. The molecule has 0 aromatic heterocycles. The highest BCUT2D eigenvalue weighted by atomic mass is 16.5. The van der Waals surface area contributed by atoms with Crippen LogP contribution in [0.5, 0.6) is 5.75 Å². The fourth-order valence-electron chi connectivity index (χ4n) is 2.65. The number of likely N-dealkylation sites (N-methyl/N-ethyl adjacent to an activating group) is 1. The van der Waals surface area contributed by atoms with Gasteiger partial charge in [-0.15, -0.1) is 0 Å². The molecule has 1 saturated heterocycles. The van der Waals surface area contributed by atoms with Crippen molar-refractivity contribution >= 4 is 17.5 Å². The van der Waals surface area contributed by atoms with Crippen molar-refractivity contribution < 1.29 is 14.3 Å². The molecule has 1 fully saturated rings. The first-order valence-electron chi connectivity index (χ1n) is 7.04. The maximum atomic E-state index is 12.7. The second-order valence-corrected chi connectivity index (χ2v) is 5.08. The van der Waals surface area contributed by atoms with E-state index in [4.69, 9.17) is 10.5 Å². The van der Waals surface area contributed by atoms with Gasteiger partial charge in [0.1, 0.15) is 11.8 Å². The van der Waals surface area contributed by atoms with Gasteiger partial charge in [0, 0.05) is 25.3 Å². The Labute approximate surface area is 124 Å². The summed E-state index contributed by atoms with van der Waals surface area (Å²) in [6.07, 6.45) is 2.53. The molecule has 1 aromatic carbocycles. The molecule has 0 aliphatic carbocycles. The lowest BCUT2D eigenvalue weighted by Gasteiger charge is -2.34. The molecule has 0 radical (unpaired) electrons. The van der Waals surface area contributed by atoms with Crippen molar-refractivity contribution in [2.24, 2.45) is 0 Å². The number of benzene rings is 1. The average Bonchev–Trinajstić information content (AvgIpc) is 2.53. The standard InChI is InChI=1S/C15H21N3O3/c1-17-14(19)12-5-3-4-8-18(12)15(20)11-7-6-10(16)9-13(11)21-2/h6-7,9,12H,3-5,8,16H2,1-2H3,(H,17,19). The number of nitrogen functional groups attached to an aromatic ring is 1. The van der Waals surface area contributed by atoms with Crippen molar-refractivity contribution in [2.45, 2.75) is 25.3 Å². The highest BCUT2D eigenvalue weighted by Crippen LogP contribution is 2.26. The van der Waals surface area contributed by atoms with Gasteiger partial charge < -0.3 is 20.7 Å². The monoisotopic (exact) mass is 291 g/mol.